The standard InChI is InChI=1S/C2H6N2O4S/c1-3-2(5)4-9(6,7)8/h1H3,(H2,3,4,5)(H,6,7,8). The van der Waals surface area contributed by atoms with Crippen molar-refractivity contribution in [2.45, 2.75) is 0 Å². The first kappa shape index (κ1) is 8.18. The van der Waals surface area contributed by atoms with Crippen LogP contribution in [0.25, 0.3) is 0 Å². The lowest BCUT2D eigenvalue weighted by Crippen LogP contribution is -2.36. The van der Waals surface area contributed by atoms with E-state index in [1.54, 1.807) is 0 Å². The summed E-state index contributed by atoms with van der Waals surface area (Å²) in [7, 11) is -3.17. The highest BCUT2D eigenvalue weighted by Gasteiger charge is 2.05. The lowest BCUT2D eigenvalue weighted by atomic mass is 11.0. The van der Waals surface area contributed by atoms with E-state index < -0.39 is 16.3 Å². The maximum atomic E-state index is 10.1. The second kappa shape index (κ2) is 2.65. The molecular weight excluding hydrogens is 148 g/mol. The fraction of sp³-hybridized carbons (Fsp3) is 0.500. The van der Waals surface area contributed by atoms with Crippen LogP contribution in [0.15, 0.2) is 0 Å². The molecule has 7 heteroatoms. The molecule has 0 saturated carbocycles. The number of rotatable bonds is 1. The van der Waals surface area contributed by atoms with Crippen molar-refractivity contribution in [1.29, 1.82) is 0 Å². The van der Waals surface area contributed by atoms with E-state index in [4.69, 9.17) is 4.55 Å². The van der Waals surface area contributed by atoms with Gasteiger partial charge in [0.1, 0.15) is 0 Å². The van der Waals surface area contributed by atoms with Crippen LogP contribution in [0.4, 0.5) is 4.79 Å². The zero-order valence-electron chi connectivity index (χ0n) is 4.58. The molecule has 0 atom stereocenters. The van der Waals surface area contributed by atoms with Crippen molar-refractivity contribution in [1.82, 2.24) is 10.0 Å². The van der Waals surface area contributed by atoms with Crippen LogP contribution in [0.2, 0.25) is 0 Å². The van der Waals surface area contributed by atoms with Gasteiger partial charge in [-0.2, -0.15) is 8.42 Å². The molecule has 0 aliphatic carbocycles. The van der Waals surface area contributed by atoms with E-state index in [0.29, 0.717) is 0 Å². The highest BCUT2D eigenvalue weighted by molar-refractivity contribution is 7.84. The molecule has 0 rings (SSSR count). The Balaban J connectivity index is 3.91. The van der Waals surface area contributed by atoms with Crippen molar-refractivity contribution in [2.75, 3.05) is 7.05 Å². The van der Waals surface area contributed by atoms with Crippen molar-refractivity contribution in [3.8, 4) is 0 Å². The molecule has 0 bridgehead atoms. The van der Waals surface area contributed by atoms with Gasteiger partial charge in [0.05, 0.1) is 0 Å². The third-order valence-corrected chi connectivity index (χ3v) is 0.892. The highest BCUT2D eigenvalue weighted by Crippen LogP contribution is 1.70. The van der Waals surface area contributed by atoms with Crippen LogP contribution in [0.1, 0.15) is 0 Å². The Kier molecular flexibility index (Phi) is 2.41. The minimum Gasteiger partial charge on any atom is -0.340 e. The second-order valence-electron chi connectivity index (χ2n) is 1.16. The fourth-order valence-electron chi connectivity index (χ4n) is 0.168. The summed E-state index contributed by atoms with van der Waals surface area (Å²) in [5, 5.41) is 1.93. The summed E-state index contributed by atoms with van der Waals surface area (Å²) in [6, 6.07) is -0.975. The average molecular weight is 154 g/mol. The van der Waals surface area contributed by atoms with Gasteiger partial charge in [-0.3, -0.25) is 4.55 Å². The summed E-state index contributed by atoms with van der Waals surface area (Å²) >= 11 is 0. The number of urea groups is 1. The average Bonchev–Trinajstić information content (AvgIpc) is 1.62. The quantitative estimate of drug-likeness (QED) is 0.410. The van der Waals surface area contributed by atoms with Gasteiger partial charge in [0, 0.05) is 7.05 Å². The van der Waals surface area contributed by atoms with Crippen molar-refractivity contribution in [2.24, 2.45) is 0 Å². The Morgan fingerprint density at radius 3 is 2.11 bits per heavy atom. The van der Waals surface area contributed by atoms with Gasteiger partial charge >= 0.3 is 16.3 Å². The largest absolute Gasteiger partial charge is 0.361 e. The molecule has 54 valence electrons. The first-order valence-electron chi connectivity index (χ1n) is 1.92. The summed E-state index contributed by atoms with van der Waals surface area (Å²) in [4.78, 5) is 10.1. The van der Waals surface area contributed by atoms with Crippen LogP contribution in [0, 0.1) is 0 Å². The van der Waals surface area contributed by atoms with Crippen molar-refractivity contribution >= 4 is 16.3 Å². The van der Waals surface area contributed by atoms with Crippen LogP contribution in [-0.2, 0) is 10.3 Å². The van der Waals surface area contributed by atoms with E-state index >= 15 is 0 Å². The monoisotopic (exact) mass is 154 g/mol. The van der Waals surface area contributed by atoms with Crippen molar-refractivity contribution in [3.63, 3.8) is 0 Å². The maximum Gasteiger partial charge on any atom is 0.361 e. The summed E-state index contributed by atoms with van der Waals surface area (Å²) in [5.41, 5.74) is 0. The van der Waals surface area contributed by atoms with Crippen LogP contribution in [0.3, 0.4) is 0 Å². The minimum absolute atomic E-state index is 0.975. The molecular formula is C2H6N2O4S. The van der Waals surface area contributed by atoms with Gasteiger partial charge < -0.3 is 5.32 Å². The molecule has 0 aromatic heterocycles. The maximum absolute atomic E-state index is 10.1. The highest BCUT2D eigenvalue weighted by atomic mass is 32.2. The van der Waals surface area contributed by atoms with Gasteiger partial charge in [-0.05, 0) is 0 Å². The number of carbonyl (C=O) groups excluding carboxylic acids is 1. The molecule has 0 saturated heterocycles. The summed E-state index contributed by atoms with van der Waals surface area (Å²) in [6.07, 6.45) is 0. The van der Waals surface area contributed by atoms with Crippen molar-refractivity contribution < 1.29 is 17.8 Å². The zero-order valence-corrected chi connectivity index (χ0v) is 5.40. The number of amides is 2. The molecule has 0 aromatic rings. The Morgan fingerprint density at radius 1 is 1.56 bits per heavy atom. The van der Waals surface area contributed by atoms with E-state index in [2.05, 4.69) is 0 Å². The summed E-state index contributed by atoms with van der Waals surface area (Å²) < 4.78 is 28.7. The Hall–Kier alpha value is -0.820. The molecule has 0 spiro atoms. The lowest BCUT2D eigenvalue weighted by molar-refractivity contribution is 0.247. The van der Waals surface area contributed by atoms with E-state index in [1.165, 1.54) is 11.8 Å². The van der Waals surface area contributed by atoms with E-state index in [-0.39, 0.29) is 0 Å². The Morgan fingerprint density at radius 2 is 2.00 bits per heavy atom. The number of hydrogen-bond donors (Lipinski definition) is 3. The van der Waals surface area contributed by atoms with Gasteiger partial charge in [-0.1, -0.05) is 0 Å². The normalized spacial score (nSPS) is 10.4. The Bertz CT molecular complexity index is 195. The molecule has 0 aromatic carbocycles. The SMILES string of the molecule is CNC(=O)NS(=O)(=O)O. The molecule has 0 aliphatic rings. The van der Waals surface area contributed by atoms with Gasteiger partial charge in [-0.15, -0.1) is 0 Å². The number of hydrogen-bond acceptors (Lipinski definition) is 3. The fourth-order valence-corrected chi connectivity index (χ4v) is 0.505. The molecule has 0 aliphatic heterocycles. The predicted octanol–water partition coefficient (Wildman–Crippen LogP) is -1.28. The second-order valence-corrected chi connectivity index (χ2v) is 2.31. The molecule has 0 fully saturated rings. The van der Waals surface area contributed by atoms with Crippen LogP contribution in [-0.4, -0.2) is 26.0 Å². The van der Waals surface area contributed by atoms with Gasteiger partial charge in [0.15, 0.2) is 0 Å². The topological polar surface area (TPSA) is 95.5 Å². The Labute approximate surface area is 52.1 Å². The van der Waals surface area contributed by atoms with Crippen LogP contribution < -0.4 is 10.0 Å². The lowest BCUT2D eigenvalue weighted by Gasteiger charge is -1.96. The van der Waals surface area contributed by atoms with Crippen LogP contribution >= 0.6 is 0 Å². The molecule has 2 amide bonds. The van der Waals surface area contributed by atoms with Gasteiger partial charge in [0.2, 0.25) is 0 Å². The molecule has 9 heavy (non-hydrogen) atoms. The number of nitrogens with one attached hydrogen (secondary N) is 2. The number of carbonyl (C=O) groups is 1. The third-order valence-electron chi connectivity index (χ3n) is 0.449. The molecule has 3 N–H and O–H groups in total. The third kappa shape index (κ3) is 5.04. The molecule has 0 radical (unpaired) electrons. The summed E-state index contributed by atoms with van der Waals surface area (Å²) in [5.74, 6) is 0. The van der Waals surface area contributed by atoms with E-state index in [0.717, 1.165) is 0 Å². The zero-order chi connectivity index (χ0) is 7.49. The van der Waals surface area contributed by atoms with Gasteiger partial charge in [-0.25, -0.2) is 9.52 Å². The first-order chi connectivity index (χ1) is 3.95. The van der Waals surface area contributed by atoms with Crippen LogP contribution in [0.5, 0.6) is 0 Å². The predicted molar refractivity (Wildman–Crippen MR) is 29.1 cm³/mol. The summed E-state index contributed by atoms with van der Waals surface area (Å²) in [6.45, 7) is 0. The molecule has 0 heterocycles. The molecule has 0 unspecified atom stereocenters. The minimum atomic E-state index is -4.40. The first-order valence-corrected chi connectivity index (χ1v) is 3.36. The van der Waals surface area contributed by atoms with E-state index in [9.17, 15) is 13.2 Å². The molecule has 6 nitrogen and oxygen atoms in total. The smallest absolute Gasteiger partial charge is 0.340 e. The van der Waals surface area contributed by atoms with E-state index in [1.807, 2.05) is 5.32 Å². The van der Waals surface area contributed by atoms with Crippen molar-refractivity contribution in [3.05, 3.63) is 0 Å². The van der Waals surface area contributed by atoms with Gasteiger partial charge in [0.25, 0.3) is 0 Å².